The fraction of sp³-hybridized carbons (Fsp3) is 0.300. The minimum atomic E-state index is -0.109. The Labute approximate surface area is 162 Å². The lowest BCUT2D eigenvalue weighted by atomic mass is 10.1. The molecule has 2 aromatic carbocycles. The Balaban J connectivity index is 2.04. The molecule has 0 aliphatic heterocycles. The molecule has 0 bridgehead atoms. The Kier molecular flexibility index (Phi) is 6.99. The number of halogens is 1. The zero-order chi connectivity index (χ0) is 18.4. The average Bonchev–Trinajstić information content (AvgIpc) is 2.62. The minimum Gasteiger partial charge on any atom is -0.350 e. The molecular formula is C20H23IN2O2. The fourth-order valence-electron chi connectivity index (χ4n) is 2.33. The van der Waals surface area contributed by atoms with Gasteiger partial charge in [0.25, 0.3) is 11.8 Å². The molecule has 4 nitrogen and oxygen atoms in total. The van der Waals surface area contributed by atoms with Gasteiger partial charge in [0.2, 0.25) is 0 Å². The molecule has 2 aromatic rings. The highest BCUT2D eigenvalue weighted by Gasteiger charge is 2.12. The van der Waals surface area contributed by atoms with Gasteiger partial charge in [0.15, 0.2) is 0 Å². The van der Waals surface area contributed by atoms with Gasteiger partial charge in [-0.05, 0) is 72.2 Å². The molecule has 2 rings (SSSR count). The van der Waals surface area contributed by atoms with Crippen LogP contribution in [0, 0.1) is 10.5 Å². The third-order valence-electron chi connectivity index (χ3n) is 4.07. The maximum absolute atomic E-state index is 12.4. The smallest absolute Gasteiger partial charge is 0.252 e. The Morgan fingerprint density at radius 3 is 2.56 bits per heavy atom. The van der Waals surface area contributed by atoms with Crippen molar-refractivity contribution in [3.63, 3.8) is 0 Å². The molecule has 5 heteroatoms. The van der Waals surface area contributed by atoms with Gasteiger partial charge in [-0.15, -0.1) is 0 Å². The molecule has 0 saturated heterocycles. The predicted octanol–water partition coefficient (Wildman–Crippen LogP) is 4.06. The van der Waals surface area contributed by atoms with Gasteiger partial charge in [-0.2, -0.15) is 0 Å². The number of aryl methyl sites for hydroxylation is 1. The maximum atomic E-state index is 12.4. The highest BCUT2D eigenvalue weighted by molar-refractivity contribution is 14.1. The number of hydrogen-bond donors (Lipinski definition) is 2. The molecule has 1 atom stereocenters. The minimum absolute atomic E-state index is 0.0873. The number of carbonyl (C=O) groups excluding carboxylic acids is 2. The highest BCUT2D eigenvalue weighted by Crippen LogP contribution is 2.16. The van der Waals surface area contributed by atoms with E-state index in [4.69, 9.17) is 0 Å². The third-order valence-corrected chi connectivity index (χ3v) is 5.50. The summed E-state index contributed by atoms with van der Waals surface area (Å²) >= 11 is 2.19. The van der Waals surface area contributed by atoms with Gasteiger partial charge >= 0.3 is 0 Å². The van der Waals surface area contributed by atoms with Gasteiger partial charge in [-0.1, -0.05) is 31.2 Å². The second-order valence-electron chi connectivity index (χ2n) is 6.10. The first-order chi connectivity index (χ1) is 11.9. The zero-order valence-corrected chi connectivity index (χ0v) is 16.9. The summed E-state index contributed by atoms with van der Waals surface area (Å²) in [4.78, 5) is 24.6. The molecule has 132 valence electrons. The van der Waals surface area contributed by atoms with E-state index in [0.29, 0.717) is 17.7 Å². The van der Waals surface area contributed by atoms with Gasteiger partial charge in [0.1, 0.15) is 0 Å². The monoisotopic (exact) mass is 450 g/mol. The van der Waals surface area contributed by atoms with Crippen molar-refractivity contribution in [1.82, 2.24) is 10.6 Å². The van der Waals surface area contributed by atoms with Crippen LogP contribution in [0.3, 0.4) is 0 Å². The van der Waals surface area contributed by atoms with E-state index in [1.165, 1.54) is 0 Å². The van der Waals surface area contributed by atoms with Crippen LogP contribution in [0.1, 0.15) is 52.1 Å². The van der Waals surface area contributed by atoms with Gasteiger partial charge in [0, 0.05) is 21.7 Å². The van der Waals surface area contributed by atoms with Crippen LogP contribution in [0.2, 0.25) is 0 Å². The summed E-state index contributed by atoms with van der Waals surface area (Å²) in [6.45, 7) is 6.38. The summed E-state index contributed by atoms with van der Waals surface area (Å²) in [5.74, 6) is -0.196. The first-order valence-corrected chi connectivity index (χ1v) is 9.43. The van der Waals surface area contributed by atoms with E-state index in [1.807, 2.05) is 57.2 Å². The molecule has 0 spiro atoms. The molecule has 2 N–H and O–H groups in total. The van der Waals surface area contributed by atoms with Crippen LogP contribution >= 0.6 is 22.6 Å². The quantitative estimate of drug-likeness (QED) is 0.653. The summed E-state index contributed by atoms with van der Waals surface area (Å²) in [7, 11) is 0. The molecule has 1 unspecified atom stereocenters. The van der Waals surface area contributed by atoms with E-state index in [0.717, 1.165) is 21.1 Å². The normalized spacial score (nSPS) is 11.7. The summed E-state index contributed by atoms with van der Waals surface area (Å²) in [5.41, 5.74) is 3.26. The average molecular weight is 450 g/mol. The van der Waals surface area contributed by atoms with E-state index in [2.05, 4.69) is 33.2 Å². The summed E-state index contributed by atoms with van der Waals surface area (Å²) in [5, 5.41) is 5.88. The first-order valence-electron chi connectivity index (χ1n) is 8.35. The summed E-state index contributed by atoms with van der Waals surface area (Å²) in [6, 6.07) is 13.2. The van der Waals surface area contributed by atoms with E-state index in [9.17, 15) is 9.59 Å². The Morgan fingerprint density at radius 2 is 1.84 bits per heavy atom. The topological polar surface area (TPSA) is 58.2 Å². The van der Waals surface area contributed by atoms with Crippen LogP contribution in [0.4, 0.5) is 0 Å². The number of benzene rings is 2. The van der Waals surface area contributed by atoms with E-state index >= 15 is 0 Å². The lowest BCUT2D eigenvalue weighted by molar-refractivity contribution is 0.0936. The van der Waals surface area contributed by atoms with Crippen molar-refractivity contribution in [2.75, 3.05) is 0 Å². The van der Waals surface area contributed by atoms with Crippen LogP contribution in [0.15, 0.2) is 42.5 Å². The van der Waals surface area contributed by atoms with Crippen molar-refractivity contribution in [3.8, 4) is 0 Å². The molecule has 0 aliphatic carbocycles. The van der Waals surface area contributed by atoms with E-state index in [1.54, 1.807) is 6.07 Å². The predicted molar refractivity (Wildman–Crippen MR) is 109 cm³/mol. The number of rotatable bonds is 6. The molecule has 0 saturated carbocycles. The standard InChI is InChI=1S/C20H23IN2O2/c1-4-14(3)23-19(24)16-9-6-8-15(11-16)12-22-20(25)17-10-5-7-13(2)18(17)21/h5-11,14H,4,12H2,1-3H3,(H,22,25)(H,23,24). The van der Waals surface area contributed by atoms with E-state index in [-0.39, 0.29) is 17.9 Å². The molecule has 0 radical (unpaired) electrons. The Morgan fingerprint density at radius 1 is 1.12 bits per heavy atom. The van der Waals surface area contributed by atoms with Gasteiger partial charge in [0.05, 0.1) is 5.56 Å². The van der Waals surface area contributed by atoms with Crippen LogP contribution in [0.5, 0.6) is 0 Å². The van der Waals surface area contributed by atoms with Crippen LogP contribution < -0.4 is 10.6 Å². The molecule has 0 aromatic heterocycles. The zero-order valence-electron chi connectivity index (χ0n) is 14.7. The summed E-state index contributed by atoms with van der Waals surface area (Å²) in [6.07, 6.45) is 0.886. The van der Waals surface area contributed by atoms with Gasteiger partial charge < -0.3 is 10.6 Å². The first kappa shape index (κ1) is 19.4. The van der Waals surface area contributed by atoms with Crippen molar-refractivity contribution < 1.29 is 9.59 Å². The molecule has 0 fully saturated rings. The van der Waals surface area contributed by atoms with Crippen LogP contribution in [-0.4, -0.2) is 17.9 Å². The maximum Gasteiger partial charge on any atom is 0.252 e. The number of hydrogen-bond acceptors (Lipinski definition) is 2. The van der Waals surface area contributed by atoms with Crippen molar-refractivity contribution in [2.45, 2.75) is 39.8 Å². The second-order valence-corrected chi connectivity index (χ2v) is 7.18. The van der Waals surface area contributed by atoms with Crippen LogP contribution in [0.25, 0.3) is 0 Å². The Bertz CT molecular complexity index is 774. The third kappa shape index (κ3) is 5.29. The lowest BCUT2D eigenvalue weighted by Crippen LogP contribution is -2.32. The molecule has 25 heavy (non-hydrogen) atoms. The van der Waals surface area contributed by atoms with Gasteiger partial charge in [-0.3, -0.25) is 9.59 Å². The van der Waals surface area contributed by atoms with Crippen molar-refractivity contribution in [2.24, 2.45) is 0 Å². The fourth-order valence-corrected chi connectivity index (χ4v) is 2.94. The SMILES string of the molecule is CCC(C)NC(=O)c1cccc(CNC(=O)c2cccc(C)c2I)c1. The second kappa shape index (κ2) is 8.99. The van der Waals surface area contributed by atoms with Crippen molar-refractivity contribution in [3.05, 3.63) is 68.3 Å². The highest BCUT2D eigenvalue weighted by atomic mass is 127. The summed E-state index contributed by atoms with van der Waals surface area (Å²) < 4.78 is 0.958. The van der Waals surface area contributed by atoms with Crippen LogP contribution in [-0.2, 0) is 6.54 Å². The number of carbonyl (C=O) groups is 2. The molecular weight excluding hydrogens is 427 g/mol. The largest absolute Gasteiger partial charge is 0.350 e. The van der Waals surface area contributed by atoms with Crippen molar-refractivity contribution in [1.29, 1.82) is 0 Å². The van der Waals surface area contributed by atoms with Gasteiger partial charge in [-0.25, -0.2) is 0 Å². The van der Waals surface area contributed by atoms with E-state index < -0.39 is 0 Å². The van der Waals surface area contributed by atoms with Crippen molar-refractivity contribution >= 4 is 34.4 Å². The number of amides is 2. The molecule has 2 amide bonds. The molecule has 0 heterocycles. The number of nitrogens with one attached hydrogen (secondary N) is 2. The lowest BCUT2D eigenvalue weighted by Gasteiger charge is -2.12. The molecule has 0 aliphatic rings. The Hall–Kier alpha value is -1.89.